The average Bonchev–Trinajstić information content (AvgIpc) is 3.02. The number of hydrogen-bond acceptors (Lipinski definition) is 3. The van der Waals surface area contributed by atoms with Crippen LogP contribution in [-0.2, 0) is 4.79 Å². The zero-order valence-corrected chi connectivity index (χ0v) is 16.0. The van der Waals surface area contributed by atoms with Gasteiger partial charge in [-0.2, -0.15) is 0 Å². The van der Waals surface area contributed by atoms with Crippen molar-refractivity contribution in [3.8, 4) is 11.1 Å². The summed E-state index contributed by atoms with van der Waals surface area (Å²) in [4.78, 5) is 25.4. The third-order valence-electron chi connectivity index (χ3n) is 4.71. The topological polar surface area (TPSA) is 66.4 Å². The number of carboxylic acids is 1. The Kier molecular flexibility index (Phi) is 4.50. The van der Waals surface area contributed by atoms with Crippen LogP contribution >= 0.6 is 22.9 Å². The Morgan fingerprint density at radius 2 is 1.81 bits per heavy atom. The van der Waals surface area contributed by atoms with Crippen LogP contribution in [0.4, 0.5) is 5.69 Å². The van der Waals surface area contributed by atoms with Gasteiger partial charge in [-0.25, -0.2) is 4.79 Å². The quantitative estimate of drug-likeness (QED) is 0.608. The van der Waals surface area contributed by atoms with Crippen LogP contribution in [0, 0.1) is 6.92 Å². The van der Waals surface area contributed by atoms with Gasteiger partial charge in [0.15, 0.2) is 0 Å². The van der Waals surface area contributed by atoms with E-state index >= 15 is 0 Å². The molecule has 1 aliphatic heterocycles. The highest BCUT2D eigenvalue weighted by molar-refractivity contribution is 7.15. The molecule has 2 N–H and O–H groups in total. The highest BCUT2D eigenvalue weighted by Crippen LogP contribution is 2.49. The SMILES string of the molecule is Cc1ccc(-c2c(C(=O)O)sc3c2NC(=O)CC3c2ccc(Cl)cc2)cc1. The maximum atomic E-state index is 12.4. The summed E-state index contributed by atoms with van der Waals surface area (Å²) < 4.78 is 0. The molecular formula is C21H16ClNO3S. The van der Waals surface area contributed by atoms with Gasteiger partial charge in [-0.3, -0.25) is 4.79 Å². The molecule has 0 bridgehead atoms. The lowest BCUT2D eigenvalue weighted by atomic mass is 9.88. The van der Waals surface area contributed by atoms with Gasteiger partial charge in [-0.1, -0.05) is 53.6 Å². The van der Waals surface area contributed by atoms with Gasteiger partial charge in [0.25, 0.3) is 0 Å². The van der Waals surface area contributed by atoms with E-state index in [1.54, 1.807) is 12.1 Å². The van der Waals surface area contributed by atoms with E-state index in [0.29, 0.717) is 16.3 Å². The zero-order chi connectivity index (χ0) is 19.1. The number of halogens is 1. The number of carbonyl (C=O) groups excluding carboxylic acids is 1. The summed E-state index contributed by atoms with van der Waals surface area (Å²) in [7, 11) is 0. The van der Waals surface area contributed by atoms with Gasteiger partial charge in [0.1, 0.15) is 4.88 Å². The van der Waals surface area contributed by atoms with E-state index in [1.165, 1.54) is 11.3 Å². The number of aromatic carboxylic acids is 1. The molecule has 0 aliphatic carbocycles. The molecule has 0 saturated heterocycles. The molecule has 1 atom stereocenters. The number of carbonyl (C=O) groups is 2. The molecule has 0 spiro atoms. The minimum absolute atomic E-state index is 0.120. The van der Waals surface area contributed by atoms with Gasteiger partial charge in [0.2, 0.25) is 5.91 Å². The van der Waals surface area contributed by atoms with E-state index in [9.17, 15) is 14.7 Å². The van der Waals surface area contributed by atoms with Gasteiger partial charge in [-0.15, -0.1) is 11.3 Å². The van der Waals surface area contributed by atoms with E-state index in [2.05, 4.69) is 5.32 Å². The molecule has 2 aromatic carbocycles. The second-order valence-corrected chi connectivity index (χ2v) is 8.06. The van der Waals surface area contributed by atoms with Crippen molar-refractivity contribution in [2.24, 2.45) is 0 Å². The first kappa shape index (κ1) is 17.8. The molecular weight excluding hydrogens is 382 g/mol. The first-order valence-corrected chi connectivity index (χ1v) is 9.66. The molecule has 1 aromatic heterocycles. The molecule has 3 aromatic rings. The minimum Gasteiger partial charge on any atom is -0.477 e. The number of aryl methyl sites for hydroxylation is 1. The van der Waals surface area contributed by atoms with Crippen LogP contribution in [0.25, 0.3) is 11.1 Å². The van der Waals surface area contributed by atoms with Gasteiger partial charge >= 0.3 is 5.97 Å². The Labute approximate surface area is 165 Å². The average molecular weight is 398 g/mol. The van der Waals surface area contributed by atoms with Crippen molar-refractivity contribution in [3.05, 3.63) is 74.4 Å². The van der Waals surface area contributed by atoms with Crippen molar-refractivity contribution in [2.75, 3.05) is 5.32 Å². The van der Waals surface area contributed by atoms with Crippen LogP contribution in [0.15, 0.2) is 48.5 Å². The van der Waals surface area contributed by atoms with Crippen LogP contribution in [-0.4, -0.2) is 17.0 Å². The number of thiophene rings is 1. The van der Waals surface area contributed by atoms with Gasteiger partial charge < -0.3 is 10.4 Å². The molecule has 2 heterocycles. The van der Waals surface area contributed by atoms with E-state index in [4.69, 9.17) is 11.6 Å². The van der Waals surface area contributed by atoms with E-state index < -0.39 is 5.97 Å². The normalized spacial score (nSPS) is 15.9. The van der Waals surface area contributed by atoms with Gasteiger partial charge in [0.05, 0.1) is 5.69 Å². The summed E-state index contributed by atoms with van der Waals surface area (Å²) in [6.07, 6.45) is 0.279. The summed E-state index contributed by atoms with van der Waals surface area (Å²) in [5.74, 6) is -1.30. The second kappa shape index (κ2) is 6.83. The van der Waals surface area contributed by atoms with Gasteiger partial charge in [-0.05, 0) is 30.2 Å². The molecule has 136 valence electrons. The maximum absolute atomic E-state index is 12.4. The fourth-order valence-corrected chi connectivity index (χ4v) is 4.77. The summed E-state index contributed by atoms with van der Waals surface area (Å²) in [6, 6.07) is 15.0. The van der Waals surface area contributed by atoms with Crippen LogP contribution in [0.5, 0.6) is 0 Å². The second-order valence-electron chi connectivity index (χ2n) is 6.57. The van der Waals surface area contributed by atoms with Crippen LogP contribution in [0.2, 0.25) is 5.02 Å². The van der Waals surface area contributed by atoms with Crippen molar-refractivity contribution in [3.63, 3.8) is 0 Å². The fraction of sp³-hybridized carbons (Fsp3) is 0.143. The Balaban J connectivity index is 1.92. The lowest BCUT2D eigenvalue weighted by Gasteiger charge is -2.24. The molecule has 4 rings (SSSR count). The van der Waals surface area contributed by atoms with Crippen molar-refractivity contribution in [1.29, 1.82) is 0 Å². The largest absolute Gasteiger partial charge is 0.477 e. The highest BCUT2D eigenvalue weighted by atomic mass is 35.5. The summed E-state index contributed by atoms with van der Waals surface area (Å²) in [5, 5.41) is 13.3. The Morgan fingerprint density at radius 3 is 2.44 bits per heavy atom. The predicted molar refractivity (Wildman–Crippen MR) is 108 cm³/mol. The van der Waals surface area contributed by atoms with E-state index in [0.717, 1.165) is 21.6 Å². The molecule has 4 nitrogen and oxygen atoms in total. The Bertz CT molecular complexity index is 1040. The zero-order valence-electron chi connectivity index (χ0n) is 14.5. The predicted octanol–water partition coefficient (Wildman–Crippen LogP) is 5.55. The number of nitrogens with one attached hydrogen (secondary N) is 1. The summed E-state index contributed by atoms with van der Waals surface area (Å²) in [6.45, 7) is 1.98. The summed E-state index contributed by atoms with van der Waals surface area (Å²) in [5.41, 5.74) is 4.01. The third kappa shape index (κ3) is 3.24. The van der Waals surface area contributed by atoms with Crippen molar-refractivity contribution < 1.29 is 14.7 Å². The number of benzene rings is 2. The molecule has 0 saturated carbocycles. The van der Waals surface area contributed by atoms with Crippen molar-refractivity contribution in [2.45, 2.75) is 19.3 Å². The lowest BCUT2D eigenvalue weighted by Crippen LogP contribution is -2.22. The number of fused-ring (bicyclic) bond motifs is 1. The number of amides is 1. The monoisotopic (exact) mass is 397 g/mol. The molecule has 1 amide bonds. The summed E-state index contributed by atoms with van der Waals surface area (Å²) >= 11 is 7.22. The molecule has 27 heavy (non-hydrogen) atoms. The molecule has 6 heteroatoms. The maximum Gasteiger partial charge on any atom is 0.346 e. The Morgan fingerprint density at radius 1 is 1.15 bits per heavy atom. The number of rotatable bonds is 3. The molecule has 1 unspecified atom stereocenters. The third-order valence-corrected chi connectivity index (χ3v) is 6.26. The van der Waals surface area contributed by atoms with Crippen molar-refractivity contribution in [1.82, 2.24) is 0 Å². The molecule has 0 fully saturated rings. The minimum atomic E-state index is -0.992. The standard InChI is InChI=1S/C21H16ClNO3S/c1-11-2-4-13(5-3-11)17-18-19(27-20(17)21(25)26)15(10-16(24)23-18)12-6-8-14(22)9-7-12/h2-9,15H,10H2,1H3,(H,23,24)(H,25,26). The Hall–Kier alpha value is -2.63. The fourth-order valence-electron chi connectivity index (χ4n) is 3.40. The number of carboxylic acid groups (broad SMARTS) is 1. The number of hydrogen-bond donors (Lipinski definition) is 2. The van der Waals surface area contributed by atoms with E-state index in [1.807, 2.05) is 43.3 Å². The lowest BCUT2D eigenvalue weighted by molar-refractivity contribution is -0.116. The highest BCUT2D eigenvalue weighted by Gasteiger charge is 2.34. The first-order chi connectivity index (χ1) is 12.9. The van der Waals surface area contributed by atoms with Crippen LogP contribution < -0.4 is 5.32 Å². The van der Waals surface area contributed by atoms with Gasteiger partial charge in [0, 0.05) is 27.8 Å². The van der Waals surface area contributed by atoms with Crippen LogP contribution in [0.1, 0.15) is 38.0 Å². The molecule has 0 radical (unpaired) electrons. The number of anilines is 1. The molecule has 1 aliphatic rings. The van der Waals surface area contributed by atoms with E-state index in [-0.39, 0.29) is 23.1 Å². The van der Waals surface area contributed by atoms with Crippen molar-refractivity contribution >= 4 is 40.5 Å². The smallest absolute Gasteiger partial charge is 0.346 e. The first-order valence-electron chi connectivity index (χ1n) is 8.46. The van der Waals surface area contributed by atoms with Crippen LogP contribution in [0.3, 0.4) is 0 Å².